The summed E-state index contributed by atoms with van der Waals surface area (Å²) in [7, 11) is 1.45. The summed E-state index contributed by atoms with van der Waals surface area (Å²) in [5.74, 6) is -3.60. The molecule has 2 aromatic heterocycles. The van der Waals surface area contributed by atoms with Gasteiger partial charge in [-0.3, -0.25) is 4.98 Å². The molecule has 0 aliphatic carbocycles. The molecule has 27 heavy (non-hydrogen) atoms. The monoisotopic (exact) mass is 379 g/mol. The largest absolute Gasteiger partial charge is 0.497 e. The van der Waals surface area contributed by atoms with Crippen LogP contribution in [-0.2, 0) is 9.53 Å². The molecule has 10 heteroatoms. The lowest BCUT2D eigenvalue weighted by Gasteiger charge is -2.09. The molecule has 0 saturated carbocycles. The average Bonchev–Trinajstić information content (AvgIpc) is 2.99. The Labute approximate surface area is 150 Å². The van der Waals surface area contributed by atoms with Crippen LogP contribution in [0.1, 0.15) is 10.5 Å². The molecule has 0 radical (unpaired) electrons. The van der Waals surface area contributed by atoms with Crippen LogP contribution in [0.2, 0.25) is 0 Å². The zero-order valence-corrected chi connectivity index (χ0v) is 13.8. The van der Waals surface area contributed by atoms with Gasteiger partial charge in [0.2, 0.25) is 0 Å². The number of methoxy groups -OCH3 is 1. The second-order valence-electron chi connectivity index (χ2n) is 5.32. The number of H-pyrrole nitrogens is 1. The van der Waals surface area contributed by atoms with Crippen molar-refractivity contribution in [3.63, 3.8) is 0 Å². The first-order chi connectivity index (χ1) is 12.8. The number of fused-ring (bicyclic) bond motifs is 1. The lowest BCUT2D eigenvalue weighted by atomic mass is 10.2. The van der Waals surface area contributed by atoms with Gasteiger partial charge in [0.05, 0.1) is 12.8 Å². The Hall–Kier alpha value is -3.56. The number of aromatic amines is 1. The van der Waals surface area contributed by atoms with Gasteiger partial charge in [-0.1, -0.05) is 0 Å². The second-order valence-corrected chi connectivity index (χ2v) is 5.32. The molecule has 3 aromatic rings. The van der Waals surface area contributed by atoms with Crippen molar-refractivity contribution in [2.75, 3.05) is 12.4 Å². The number of benzene rings is 1. The van der Waals surface area contributed by atoms with E-state index in [4.69, 9.17) is 4.74 Å². The number of rotatable bonds is 4. The number of halogens is 3. The molecular weight excluding hydrogens is 367 g/mol. The molecule has 2 N–H and O–H groups in total. The van der Waals surface area contributed by atoms with E-state index in [1.54, 1.807) is 30.3 Å². The van der Waals surface area contributed by atoms with Crippen LogP contribution < -0.4 is 10.1 Å². The van der Waals surface area contributed by atoms with Crippen molar-refractivity contribution < 1.29 is 32.2 Å². The number of esters is 2. The van der Waals surface area contributed by atoms with Gasteiger partial charge in [-0.25, -0.2) is 9.59 Å². The van der Waals surface area contributed by atoms with Crippen LogP contribution in [0.3, 0.4) is 0 Å². The van der Waals surface area contributed by atoms with E-state index in [1.807, 2.05) is 0 Å². The molecule has 1 aromatic carbocycles. The molecule has 0 fully saturated rings. The van der Waals surface area contributed by atoms with E-state index < -0.39 is 18.1 Å². The summed E-state index contributed by atoms with van der Waals surface area (Å²) in [6.07, 6.45) is -2.31. The van der Waals surface area contributed by atoms with Crippen LogP contribution in [0.4, 0.5) is 24.5 Å². The third-order valence-corrected chi connectivity index (χ3v) is 3.58. The van der Waals surface area contributed by atoms with Gasteiger partial charge in [0.1, 0.15) is 11.4 Å². The maximum atomic E-state index is 12.4. The molecule has 0 aliphatic heterocycles. The van der Waals surface area contributed by atoms with E-state index in [1.165, 1.54) is 19.5 Å². The van der Waals surface area contributed by atoms with Gasteiger partial charge < -0.3 is 19.8 Å². The van der Waals surface area contributed by atoms with Crippen molar-refractivity contribution in [3.8, 4) is 5.75 Å². The van der Waals surface area contributed by atoms with Crippen molar-refractivity contribution in [2.45, 2.75) is 6.18 Å². The molecule has 3 rings (SSSR count). The van der Waals surface area contributed by atoms with Gasteiger partial charge in [-0.15, -0.1) is 0 Å². The minimum absolute atomic E-state index is 0.134. The Kier molecular flexibility index (Phi) is 4.72. The van der Waals surface area contributed by atoms with E-state index in [0.717, 1.165) is 0 Å². The van der Waals surface area contributed by atoms with Crippen molar-refractivity contribution in [1.82, 2.24) is 9.97 Å². The number of nitrogens with zero attached hydrogens (tertiary/aromatic N) is 1. The molecule has 0 unspecified atom stereocenters. The van der Waals surface area contributed by atoms with E-state index in [9.17, 15) is 22.8 Å². The SMILES string of the molecule is COc1ccc2[nH]c(C(=O)OC(=O)C(F)(F)F)c(Nc3ccncc3)c2c1. The summed E-state index contributed by atoms with van der Waals surface area (Å²) in [5.41, 5.74) is 0.742. The van der Waals surface area contributed by atoms with Crippen molar-refractivity contribution in [1.29, 1.82) is 0 Å². The predicted octanol–water partition coefficient (Wildman–Crippen LogP) is 3.56. The van der Waals surface area contributed by atoms with Gasteiger partial charge in [0.25, 0.3) is 0 Å². The van der Waals surface area contributed by atoms with Crippen LogP contribution in [0, 0.1) is 0 Å². The van der Waals surface area contributed by atoms with Crippen LogP contribution in [0.15, 0.2) is 42.7 Å². The first-order valence-corrected chi connectivity index (χ1v) is 7.49. The van der Waals surface area contributed by atoms with E-state index in [2.05, 4.69) is 20.0 Å². The number of nitrogens with one attached hydrogen (secondary N) is 2. The normalized spacial score (nSPS) is 11.3. The third kappa shape index (κ3) is 3.84. The number of hydrogen-bond donors (Lipinski definition) is 2. The minimum Gasteiger partial charge on any atom is -0.497 e. The fraction of sp³-hybridized carbons (Fsp3) is 0.118. The maximum Gasteiger partial charge on any atom is 0.491 e. The lowest BCUT2D eigenvalue weighted by molar-refractivity contribution is -0.193. The minimum atomic E-state index is -5.29. The second kappa shape index (κ2) is 6.98. The van der Waals surface area contributed by atoms with Gasteiger partial charge in [0.15, 0.2) is 0 Å². The number of aromatic nitrogens is 2. The highest BCUT2D eigenvalue weighted by atomic mass is 19.4. The molecule has 0 spiro atoms. The Morgan fingerprint density at radius 2 is 1.85 bits per heavy atom. The van der Waals surface area contributed by atoms with Crippen molar-refractivity contribution >= 4 is 34.2 Å². The molecular formula is C17H12F3N3O4. The summed E-state index contributed by atoms with van der Waals surface area (Å²) in [4.78, 5) is 29.7. The molecule has 0 amide bonds. The smallest absolute Gasteiger partial charge is 0.491 e. The Balaban J connectivity index is 2.06. The van der Waals surface area contributed by atoms with Gasteiger partial charge >= 0.3 is 18.1 Å². The van der Waals surface area contributed by atoms with Crippen molar-refractivity contribution in [2.24, 2.45) is 0 Å². The van der Waals surface area contributed by atoms with Gasteiger partial charge in [0, 0.05) is 29.0 Å². The standard InChI is InChI=1S/C17H12F3N3O4/c1-26-10-2-3-12-11(8-10)13(22-9-4-6-21-7-5-9)14(23-12)15(24)27-16(25)17(18,19)20/h2-8,23H,1H3,(H,21,22). The molecule has 2 heterocycles. The molecule has 7 nitrogen and oxygen atoms in total. The van der Waals surface area contributed by atoms with Crippen LogP contribution >= 0.6 is 0 Å². The summed E-state index contributed by atoms with van der Waals surface area (Å²) >= 11 is 0. The number of carbonyl (C=O) groups is 2. The zero-order valence-electron chi connectivity index (χ0n) is 13.8. The summed E-state index contributed by atoms with van der Waals surface area (Å²) in [5, 5.41) is 3.38. The quantitative estimate of drug-likeness (QED) is 0.532. The molecule has 0 aliphatic rings. The Bertz CT molecular complexity index is 1000. The molecule has 0 atom stereocenters. The topological polar surface area (TPSA) is 93.3 Å². The molecule has 0 bridgehead atoms. The first-order valence-electron chi connectivity index (χ1n) is 7.49. The third-order valence-electron chi connectivity index (χ3n) is 3.58. The molecule has 140 valence electrons. The van der Waals surface area contributed by atoms with Gasteiger partial charge in [-0.2, -0.15) is 13.2 Å². The van der Waals surface area contributed by atoms with Crippen LogP contribution in [0.25, 0.3) is 10.9 Å². The zero-order chi connectivity index (χ0) is 19.6. The van der Waals surface area contributed by atoms with Crippen LogP contribution in [0.5, 0.6) is 5.75 Å². The highest BCUT2D eigenvalue weighted by Crippen LogP contribution is 2.33. The Morgan fingerprint density at radius 3 is 2.48 bits per heavy atom. The first kappa shape index (κ1) is 18.2. The number of ether oxygens (including phenoxy) is 2. The van der Waals surface area contributed by atoms with Gasteiger partial charge in [-0.05, 0) is 30.3 Å². The fourth-order valence-electron chi connectivity index (χ4n) is 2.35. The van der Waals surface area contributed by atoms with Crippen molar-refractivity contribution in [3.05, 3.63) is 48.4 Å². The van der Waals surface area contributed by atoms with E-state index in [0.29, 0.717) is 22.3 Å². The highest BCUT2D eigenvalue weighted by Gasteiger charge is 2.43. The fourth-order valence-corrected chi connectivity index (χ4v) is 2.35. The molecule has 0 saturated heterocycles. The lowest BCUT2D eigenvalue weighted by Crippen LogP contribution is -2.28. The number of hydrogen-bond acceptors (Lipinski definition) is 6. The number of anilines is 2. The van der Waals surface area contributed by atoms with Crippen LogP contribution in [-0.4, -0.2) is 35.2 Å². The number of carbonyl (C=O) groups excluding carboxylic acids is 2. The summed E-state index contributed by atoms with van der Waals surface area (Å²) < 4.78 is 46.3. The summed E-state index contributed by atoms with van der Waals surface area (Å²) in [6.45, 7) is 0. The Morgan fingerprint density at radius 1 is 1.15 bits per heavy atom. The average molecular weight is 379 g/mol. The number of alkyl halides is 3. The van der Waals surface area contributed by atoms with E-state index in [-0.39, 0.29) is 11.4 Å². The highest BCUT2D eigenvalue weighted by molar-refractivity contribution is 6.10. The summed E-state index contributed by atoms with van der Waals surface area (Å²) in [6, 6.07) is 7.95. The predicted molar refractivity (Wildman–Crippen MR) is 88.8 cm³/mol. The number of pyridine rings is 1. The van der Waals surface area contributed by atoms with E-state index >= 15 is 0 Å². The maximum absolute atomic E-state index is 12.4.